The van der Waals surface area contributed by atoms with Gasteiger partial charge in [-0.05, 0) is 31.0 Å². The van der Waals surface area contributed by atoms with E-state index in [2.05, 4.69) is 0 Å². The Balaban J connectivity index is 2.49. The molecule has 1 aromatic rings. The summed E-state index contributed by atoms with van der Waals surface area (Å²) in [6.07, 6.45) is 1.37. The maximum Gasteiger partial charge on any atom is 0.244 e. The molecule has 0 saturated carbocycles. The highest BCUT2D eigenvalue weighted by atomic mass is 35.5. The van der Waals surface area contributed by atoms with E-state index in [0.29, 0.717) is 12.8 Å². The normalized spacial score (nSPS) is 21.4. The molecule has 118 valence electrons. The number of piperidine rings is 1. The molecule has 1 aliphatic heterocycles. The zero-order valence-electron chi connectivity index (χ0n) is 11.4. The molecule has 1 unspecified atom stereocenters. The Morgan fingerprint density at radius 1 is 1.29 bits per heavy atom. The van der Waals surface area contributed by atoms with Crippen molar-refractivity contribution in [1.82, 2.24) is 4.31 Å². The first-order chi connectivity index (χ1) is 9.62. The zero-order valence-corrected chi connectivity index (χ0v) is 13.7. The average molecular weight is 354 g/mol. The Morgan fingerprint density at radius 2 is 1.95 bits per heavy atom. The van der Waals surface area contributed by atoms with Crippen LogP contribution in [0.2, 0.25) is 5.02 Å². The van der Waals surface area contributed by atoms with Crippen molar-refractivity contribution in [3.8, 4) is 0 Å². The van der Waals surface area contributed by atoms with Crippen LogP contribution >= 0.6 is 11.6 Å². The third-order valence-corrected chi connectivity index (χ3v) is 6.76. The van der Waals surface area contributed by atoms with Gasteiger partial charge in [0.05, 0.1) is 16.0 Å². The lowest BCUT2D eigenvalue weighted by Gasteiger charge is -2.29. The molecule has 0 spiro atoms. The molecule has 0 amide bonds. The minimum Gasteiger partial charge on any atom is -0.392 e. The highest BCUT2D eigenvalue weighted by Crippen LogP contribution is 2.29. The van der Waals surface area contributed by atoms with Crippen LogP contribution in [0, 0.1) is 0 Å². The van der Waals surface area contributed by atoms with Crippen LogP contribution in [0.1, 0.15) is 12.8 Å². The van der Waals surface area contributed by atoms with E-state index in [0.717, 1.165) is 16.6 Å². The van der Waals surface area contributed by atoms with Crippen molar-refractivity contribution in [2.45, 2.75) is 28.7 Å². The van der Waals surface area contributed by atoms with Crippen molar-refractivity contribution in [2.24, 2.45) is 0 Å². The lowest BCUT2D eigenvalue weighted by Crippen LogP contribution is -2.42. The number of halogens is 1. The summed E-state index contributed by atoms with van der Waals surface area (Å²) in [7, 11) is -7.47. The predicted molar refractivity (Wildman–Crippen MR) is 78.6 cm³/mol. The fraction of sp³-hybridized carbons (Fsp3) is 0.500. The highest BCUT2D eigenvalue weighted by Gasteiger charge is 2.31. The minimum absolute atomic E-state index is 0.0121. The number of hydrogen-bond donors (Lipinski definition) is 1. The van der Waals surface area contributed by atoms with Crippen molar-refractivity contribution in [3.05, 3.63) is 23.2 Å². The van der Waals surface area contributed by atoms with E-state index < -0.39 is 26.0 Å². The molecule has 0 radical (unpaired) electrons. The van der Waals surface area contributed by atoms with Gasteiger partial charge in [0.15, 0.2) is 9.84 Å². The van der Waals surface area contributed by atoms with Crippen molar-refractivity contribution >= 4 is 31.5 Å². The first-order valence-corrected chi connectivity index (χ1v) is 10.0. The number of sulfone groups is 1. The highest BCUT2D eigenvalue weighted by molar-refractivity contribution is 7.91. The van der Waals surface area contributed by atoms with Crippen LogP contribution in [-0.4, -0.2) is 51.7 Å². The zero-order chi connectivity index (χ0) is 15.8. The SMILES string of the molecule is CS(=O)(=O)c1ccc(Cl)c(S(=O)(=O)N2CCCC(O)C2)c1. The fourth-order valence-electron chi connectivity index (χ4n) is 2.19. The molecule has 0 bridgehead atoms. The second-order valence-electron chi connectivity index (χ2n) is 5.02. The van der Waals surface area contributed by atoms with Crippen molar-refractivity contribution in [1.29, 1.82) is 0 Å². The molecule has 1 heterocycles. The lowest BCUT2D eigenvalue weighted by atomic mass is 10.1. The predicted octanol–water partition coefficient (Wildman–Crippen LogP) is 0.889. The molecule has 1 fully saturated rings. The summed E-state index contributed by atoms with van der Waals surface area (Å²) in [6, 6.07) is 3.58. The molecule has 6 nitrogen and oxygen atoms in total. The van der Waals surface area contributed by atoms with Gasteiger partial charge in [-0.3, -0.25) is 0 Å². The Labute approximate surface area is 129 Å². The van der Waals surface area contributed by atoms with E-state index >= 15 is 0 Å². The van der Waals surface area contributed by atoms with Gasteiger partial charge >= 0.3 is 0 Å². The summed E-state index contributed by atoms with van der Waals surface area (Å²) in [6.45, 7) is 0.264. The molecule has 9 heteroatoms. The summed E-state index contributed by atoms with van der Waals surface area (Å²) in [5, 5.41) is 9.57. The quantitative estimate of drug-likeness (QED) is 0.871. The van der Waals surface area contributed by atoms with Crippen molar-refractivity contribution in [3.63, 3.8) is 0 Å². The molecular formula is C12H16ClNO5S2. The molecule has 1 atom stereocenters. The summed E-state index contributed by atoms with van der Waals surface area (Å²) >= 11 is 5.92. The van der Waals surface area contributed by atoms with Crippen molar-refractivity contribution in [2.75, 3.05) is 19.3 Å². The van der Waals surface area contributed by atoms with Gasteiger partial charge in [0.2, 0.25) is 10.0 Å². The summed E-state index contributed by atoms with van der Waals surface area (Å²) < 4.78 is 49.4. The summed E-state index contributed by atoms with van der Waals surface area (Å²) in [5.41, 5.74) is 0. The monoisotopic (exact) mass is 353 g/mol. The molecule has 1 aliphatic rings. The third-order valence-electron chi connectivity index (χ3n) is 3.31. The molecule has 21 heavy (non-hydrogen) atoms. The lowest BCUT2D eigenvalue weighted by molar-refractivity contribution is 0.108. The van der Waals surface area contributed by atoms with Gasteiger partial charge in [0.25, 0.3) is 0 Å². The summed E-state index contributed by atoms with van der Waals surface area (Å²) in [5.74, 6) is 0. The van der Waals surface area contributed by atoms with Gasteiger partial charge in [-0.1, -0.05) is 11.6 Å². The van der Waals surface area contributed by atoms with Gasteiger partial charge in [-0.25, -0.2) is 16.8 Å². The van der Waals surface area contributed by atoms with Crippen LogP contribution < -0.4 is 0 Å². The Bertz CT molecular complexity index is 745. The second kappa shape index (κ2) is 5.85. The van der Waals surface area contributed by atoms with Crippen LogP contribution in [0.3, 0.4) is 0 Å². The van der Waals surface area contributed by atoms with E-state index in [1.165, 1.54) is 12.1 Å². The summed E-state index contributed by atoms with van der Waals surface area (Å²) in [4.78, 5) is -0.357. The number of aliphatic hydroxyl groups is 1. The molecule has 1 saturated heterocycles. The number of aliphatic hydroxyl groups excluding tert-OH is 1. The molecule has 1 N–H and O–H groups in total. The number of rotatable bonds is 3. The number of hydrogen-bond acceptors (Lipinski definition) is 5. The topological polar surface area (TPSA) is 91.8 Å². The van der Waals surface area contributed by atoms with Gasteiger partial charge in [-0.2, -0.15) is 4.31 Å². The fourth-order valence-corrected chi connectivity index (χ4v) is 4.93. The van der Waals surface area contributed by atoms with Crippen LogP contribution in [0.15, 0.2) is 28.0 Å². The molecular weight excluding hydrogens is 338 g/mol. The first kappa shape index (κ1) is 16.7. The first-order valence-electron chi connectivity index (χ1n) is 6.30. The van der Waals surface area contributed by atoms with Crippen LogP contribution in [0.5, 0.6) is 0 Å². The Morgan fingerprint density at radius 3 is 2.52 bits per heavy atom. The van der Waals surface area contributed by atoms with E-state index in [-0.39, 0.29) is 27.9 Å². The second-order valence-corrected chi connectivity index (χ2v) is 9.35. The number of benzene rings is 1. The van der Waals surface area contributed by atoms with Gasteiger partial charge in [0, 0.05) is 19.3 Å². The van der Waals surface area contributed by atoms with E-state index in [4.69, 9.17) is 11.6 Å². The van der Waals surface area contributed by atoms with Crippen LogP contribution in [0.25, 0.3) is 0 Å². The number of nitrogens with zero attached hydrogens (tertiary/aromatic N) is 1. The molecule has 1 aromatic carbocycles. The largest absolute Gasteiger partial charge is 0.392 e. The smallest absolute Gasteiger partial charge is 0.244 e. The van der Waals surface area contributed by atoms with Crippen molar-refractivity contribution < 1.29 is 21.9 Å². The number of β-amino-alcohol motifs (C(OH)–C–C–N with tert-alkyl or cyclic N) is 1. The molecule has 2 rings (SSSR count). The average Bonchev–Trinajstić information content (AvgIpc) is 2.37. The molecule has 0 aliphatic carbocycles. The van der Waals surface area contributed by atoms with Gasteiger partial charge < -0.3 is 5.11 Å². The van der Waals surface area contributed by atoms with E-state index in [1.807, 2.05) is 0 Å². The number of sulfonamides is 1. The third kappa shape index (κ3) is 3.57. The van der Waals surface area contributed by atoms with Crippen LogP contribution in [-0.2, 0) is 19.9 Å². The van der Waals surface area contributed by atoms with E-state index in [9.17, 15) is 21.9 Å². The maximum absolute atomic E-state index is 12.6. The standard InChI is InChI=1S/C12H16ClNO5S2/c1-20(16,17)10-4-5-11(13)12(7-10)21(18,19)14-6-2-3-9(15)8-14/h4-5,7,9,15H,2-3,6,8H2,1H3. The van der Waals surface area contributed by atoms with E-state index in [1.54, 1.807) is 0 Å². The van der Waals surface area contributed by atoms with Gasteiger partial charge in [0.1, 0.15) is 4.90 Å². The van der Waals surface area contributed by atoms with Crippen LogP contribution in [0.4, 0.5) is 0 Å². The maximum atomic E-state index is 12.6. The Kier molecular flexibility index (Phi) is 4.65. The van der Waals surface area contributed by atoms with Gasteiger partial charge in [-0.15, -0.1) is 0 Å². The minimum atomic E-state index is -3.93. The Hall–Kier alpha value is -0.670. The molecule has 0 aromatic heterocycles.